The standard InChI is InChI=1S/C34H35NO7/c1-24(36)30-21-25(16-18-31(30)42-20-6-5-19-41-28-11-3-2-4-12-28)15-17-26-9-7-13-29-27(10-8-14-32(37)38)22-35(34(26)29)23-33(39)40/h2-4,7,9,11-13,15-18,21-22H,5-6,8,10,14,19-20,23H2,1H3,(H,37,38)(H,39,40). The zero-order valence-corrected chi connectivity index (χ0v) is 23.6. The van der Waals surface area contributed by atoms with E-state index in [0.717, 1.165) is 46.2 Å². The fourth-order valence-electron chi connectivity index (χ4n) is 4.83. The summed E-state index contributed by atoms with van der Waals surface area (Å²) in [6.07, 6.45) is 8.23. The van der Waals surface area contributed by atoms with E-state index in [0.29, 0.717) is 37.4 Å². The summed E-state index contributed by atoms with van der Waals surface area (Å²) < 4.78 is 13.3. The van der Waals surface area contributed by atoms with Crippen molar-refractivity contribution in [2.45, 2.75) is 45.6 Å². The van der Waals surface area contributed by atoms with Gasteiger partial charge in [0.1, 0.15) is 18.0 Å². The van der Waals surface area contributed by atoms with Crippen molar-refractivity contribution in [3.8, 4) is 11.5 Å². The van der Waals surface area contributed by atoms with E-state index >= 15 is 0 Å². The number of ether oxygens (including phenoxy) is 2. The van der Waals surface area contributed by atoms with Crippen molar-refractivity contribution in [1.82, 2.24) is 4.57 Å². The van der Waals surface area contributed by atoms with Gasteiger partial charge in [-0.2, -0.15) is 0 Å². The minimum absolute atomic E-state index is 0.0477. The van der Waals surface area contributed by atoms with Gasteiger partial charge in [0.05, 0.1) is 24.3 Å². The topological polar surface area (TPSA) is 115 Å². The molecule has 0 aliphatic carbocycles. The second-order valence-corrected chi connectivity index (χ2v) is 10.0. The lowest BCUT2D eigenvalue weighted by Crippen LogP contribution is -2.07. The van der Waals surface area contributed by atoms with Gasteiger partial charge in [0.2, 0.25) is 0 Å². The molecule has 0 unspecified atom stereocenters. The van der Waals surface area contributed by atoms with Gasteiger partial charge in [0, 0.05) is 18.0 Å². The summed E-state index contributed by atoms with van der Waals surface area (Å²) in [6.45, 7) is 2.35. The van der Waals surface area contributed by atoms with Gasteiger partial charge in [0.15, 0.2) is 5.78 Å². The first-order valence-corrected chi connectivity index (χ1v) is 14.0. The maximum atomic E-state index is 12.4. The number of ketones is 1. The molecular formula is C34H35NO7. The molecular weight excluding hydrogens is 534 g/mol. The summed E-state index contributed by atoms with van der Waals surface area (Å²) >= 11 is 0. The molecule has 1 aromatic heterocycles. The number of nitrogens with zero attached hydrogens (tertiary/aromatic N) is 1. The van der Waals surface area contributed by atoms with Crippen LogP contribution in [0.1, 0.15) is 59.7 Å². The van der Waals surface area contributed by atoms with E-state index in [1.807, 2.05) is 66.7 Å². The average molecular weight is 570 g/mol. The van der Waals surface area contributed by atoms with Gasteiger partial charge >= 0.3 is 11.9 Å². The van der Waals surface area contributed by atoms with Crippen molar-refractivity contribution in [3.05, 3.63) is 95.2 Å². The Labute approximate surface area is 244 Å². The molecule has 0 aliphatic rings. The van der Waals surface area contributed by atoms with Crippen LogP contribution < -0.4 is 9.47 Å². The fourth-order valence-corrected chi connectivity index (χ4v) is 4.83. The second-order valence-electron chi connectivity index (χ2n) is 10.0. The Morgan fingerprint density at radius 3 is 2.31 bits per heavy atom. The number of carboxylic acid groups (broad SMARTS) is 2. The summed E-state index contributed by atoms with van der Waals surface area (Å²) in [7, 11) is 0. The number of aliphatic carboxylic acids is 2. The van der Waals surface area contributed by atoms with Crippen molar-refractivity contribution >= 4 is 40.8 Å². The first-order valence-electron chi connectivity index (χ1n) is 14.0. The number of hydrogen-bond acceptors (Lipinski definition) is 5. The number of rotatable bonds is 16. The Hall–Kier alpha value is -4.85. The van der Waals surface area contributed by atoms with Crippen molar-refractivity contribution in [1.29, 1.82) is 0 Å². The van der Waals surface area contributed by atoms with E-state index < -0.39 is 11.9 Å². The predicted octanol–water partition coefficient (Wildman–Crippen LogP) is 6.74. The maximum absolute atomic E-state index is 12.4. The Kier molecular flexibility index (Phi) is 10.5. The molecule has 42 heavy (non-hydrogen) atoms. The number of fused-ring (bicyclic) bond motifs is 1. The molecule has 0 radical (unpaired) electrons. The maximum Gasteiger partial charge on any atom is 0.323 e. The summed E-state index contributed by atoms with van der Waals surface area (Å²) in [5.74, 6) is -0.553. The third-order valence-corrected chi connectivity index (χ3v) is 6.80. The van der Waals surface area contributed by atoms with Crippen LogP contribution in [0.3, 0.4) is 0 Å². The molecule has 4 aromatic rings. The van der Waals surface area contributed by atoms with Gasteiger partial charge < -0.3 is 24.3 Å². The van der Waals surface area contributed by atoms with E-state index in [1.165, 1.54) is 6.92 Å². The quantitative estimate of drug-likeness (QED) is 0.0872. The molecule has 0 fully saturated rings. The van der Waals surface area contributed by atoms with Gasteiger partial charge in [0.25, 0.3) is 0 Å². The highest BCUT2D eigenvalue weighted by Gasteiger charge is 2.14. The molecule has 4 rings (SSSR count). The van der Waals surface area contributed by atoms with E-state index in [2.05, 4.69) is 0 Å². The van der Waals surface area contributed by atoms with Gasteiger partial charge in [-0.05, 0) is 73.6 Å². The molecule has 218 valence electrons. The van der Waals surface area contributed by atoms with E-state index in [1.54, 1.807) is 22.9 Å². The van der Waals surface area contributed by atoms with E-state index in [-0.39, 0.29) is 18.7 Å². The molecule has 0 bridgehead atoms. The molecule has 0 aliphatic heterocycles. The number of carboxylic acids is 2. The van der Waals surface area contributed by atoms with Crippen LogP contribution in [0.25, 0.3) is 23.1 Å². The monoisotopic (exact) mass is 569 g/mol. The van der Waals surface area contributed by atoms with Gasteiger partial charge in [-0.3, -0.25) is 14.4 Å². The minimum atomic E-state index is -0.965. The third-order valence-electron chi connectivity index (χ3n) is 6.80. The highest BCUT2D eigenvalue weighted by molar-refractivity contribution is 5.98. The van der Waals surface area contributed by atoms with E-state index in [4.69, 9.17) is 14.6 Å². The highest BCUT2D eigenvalue weighted by atomic mass is 16.5. The molecule has 8 nitrogen and oxygen atoms in total. The number of carbonyl (C=O) groups excluding carboxylic acids is 1. The fraction of sp³-hybridized carbons (Fsp3) is 0.265. The number of unbranched alkanes of at least 4 members (excludes halogenated alkanes) is 1. The first kappa shape index (κ1) is 30.1. The molecule has 3 aromatic carbocycles. The summed E-state index contributed by atoms with van der Waals surface area (Å²) in [5.41, 5.74) is 3.80. The van der Waals surface area contributed by atoms with Crippen LogP contribution in [0.4, 0.5) is 0 Å². The number of carbonyl (C=O) groups is 3. The van der Waals surface area contributed by atoms with Crippen LogP contribution in [0, 0.1) is 0 Å². The van der Waals surface area contributed by atoms with Crippen LogP contribution in [-0.4, -0.2) is 45.7 Å². The summed E-state index contributed by atoms with van der Waals surface area (Å²) in [4.78, 5) is 35.0. The molecule has 0 amide bonds. The van der Waals surface area contributed by atoms with Gasteiger partial charge in [-0.25, -0.2) is 0 Å². The number of aryl methyl sites for hydroxylation is 1. The van der Waals surface area contributed by atoms with Crippen LogP contribution in [0.5, 0.6) is 11.5 Å². The molecule has 8 heteroatoms. The van der Waals surface area contributed by atoms with Gasteiger partial charge in [-0.15, -0.1) is 0 Å². The summed E-state index contributed by atoms with van der Waals surface area (Å²) in [5, 5.41) is 19.4. The van der Waals surface area contributed by atoms with Crippen molar-refractivity contribution in [2.75, 3.05) is 13.2 Å². The minimum Gasteiger partial charge on any atom is -0.494 e. The zero-order valence-electron chi connectivity index (χ0n) is 23.6. The Morgan fingerprint density at radius 2 is 1.60 bits per heavy atom. The van der Waals surface area contributed by atoms with Crippen molar-refractivity contribution in [3.63, 3.8) is 0 Å². The lowest BCUT2D eigenvalue weighted by molar-refractivity contribution is -0.138. The lowest BCUT2D eigenvalue weighted by Gasteiger charge is -2.11. The lowest BCUT2D eigenvalue weighted by atomic mass is 10.0. The number of aromatic nitrogens is 1. The zero-order chi connectivity index (χ0) is 29.9. The molecule has 1 heterocycles. The second kappa shape index (κ2) is 14.7. The Bertz CT molecular complexity index is 1570. The molecule has 0 saturated heterocycles. The molecule has 0 spiro atoms. The molecule has 0 saturated carbocycles. The van der Waals surface area contributed by atoms with Crippen LogP contribution in [0.2, 0.25) is 0 Å². The number of benzene rings is 3. The molecule has 2 N–H and O–H groups in total. The van der Waals surface area contributed by atoms with Crippen molar-refractivity contribution < 1.29 is 34.1 Å². The van der Waals surface area contributed by atoms with Crippen LogP contribution >= 0.6 is 0 Å². The normalized spacial score (nSPS) is 11.2. The number of Topliss-reactive ketones (excluding diaryl/α,β-unsaturated/α-hetero) is 1. The van der Waals surface area contributed by atoms with Gasteiger partial charge in [-0.1, -0.05) is 54.6 Å². The molecule has 0 atom stereocenters. The van der Waals surface area contributed by atoms with Crippen molar-refractivity contribution in [2.24, 2.45) is 0 Å². The highest BCUT2D eigenvalue weighted by Crippen LogP contribution is 2.29. The van der Waals surface area contributed by atoms with Crippen LogP contribution in [-0.2, 0) is 22.6 Å². The summed E-state index contributed by atoms with van der Waals surface area (Å²) in [6, 6.07) is 20.8. The largest absolute Gasteiger partial charge is 0.494 e. The predicted molar refractivity (Wildman–Crippen MR) is 162 cm³/mol. The number of para-hydroxylation sites is 2. The van der Waals surface area contributed by atoms with E-state index in [9.17, 15) is 19.5 Å². The SMILES string of the molecule is CC(=O)c1cc(C=Cc2cccc3c(CCCC(=O)O)cn(CC(=O)O)c23)ccc1OCCCCOc1ccccc1. The van der Waals surface area contributed by atoms with Crippen LogP contribution in [0.15, 0.2) is 72.9 Å². The smallest absolute Gasteiger partial charge is 0.323 e. The first-order chi connectivity index (χ1) is 20.3. The Balaban J connectivity index is 1.46. The average Bonchev–Trinajstić information content (AvgIpc) is 3.31. The third kappa shape index (κ3) is 8.33. The Morgan fingerprint density at radius 1 is 0.833 bits per heavy atom. The number of hydrogen-bond donors (Lipinski definition) is 2.